The lowest BCUT2D eigenvalue weighted by atomic mass is 9.86. The van der Waals surface area contributed by atoms with Crippen LogP contribution < -0.4 is 5.32 Å². The third-order valence-corrected chi connectivity index (χ3v) is 5.44. The first kappa shape index (κ1) is 14.4. The van der Waals surface area contributed by atoms with Gasteiger partial charge in [0.05, 0.1) is 5.69 Å². The molecule has 1 aromatic carbocycles. The third-order valence-electron chi connectivity index (χ3n) is 5.44. The van der Waals surface area contributed by atoms with Gasteiger partial charge in [0.15, 0.2) is 0 Å². The fourth-order valence-electron chi connectivity index (χ4n) is 4.25. The van der Waals surface area contributed by atoms with Crippen LogP contribution in [0.15, 0.2) is 36.9 Å². The predicted molar refractivity (Wildman–Crippen MR) is 86.8 cm³/mol. The Morgan fingerprint density at radius 1 is 1.22 bits per heavy atom. The van der Waals surface area contributed by atoms with Gasteiger partial charge in [0.1, 0.15) is 12.7 Å². The number of rotatable bonds is 5. The zero-order chi connectivity index (χ0) is 15.6. The molecule has 1 amide bonds. The summed E-state index contributed by atoms with van der Waals surface area (Å²) in [5.74, 6) is 2.54. The molecule has 5 heteroatoms. The van der Waals surface area contributed by atoms with Crippen LogP contribution in [0.1, 0.15) is 37.7 Å². The molecular formula is C18H22N4O. The largest absolute Gasteiger partial charge is 0.352 e. The van der Waals surface area contributed by atoms with E-state index in [0.29, 0.717) is 18.9 Å². The second kappa shape index (κ2) is 6.14. The number of nitrogens with zero attached hydrogens (tertiary/aromatic N) is 3. The van der Waals surface area contributed by atoms with Gasteiger partial charge in [-0.05, 0) is 54.7 Å². The number of fused-ring (bicyclic) bond motifs is 2. The molecule has 3 atom stereocenters. The fourth-order valence-corrected chi connectivity index (χ4v) is 4.25. The molecule has 2 aliphatic carbocycles. The zero-order valence-corrected chi connectivity index (χ0v) is 13.2. The highest BCUT2D eigenvalue weighted by Crippen LogP contribution is 2.49. The van der Waals surface area contributed by atoms with Crippen molar-refractivity contribution in [3.8, 4) is 5.69 Å². The Hall–Kier alpha value is -2.17. The van der Waals surface area contributed by atoms with Gasteiger partial charge in [0.25, 0.3) is 0 Å². The Kier molecular flexibility index (Phi) is 3.85. The first-order valence-electron chi connectivity index (χ1n) is 8.48. The first-order chi connectivity index (χ1) is 11.3. The van der Waals surface area contributed by atoms with Crippen molar-refractivity contribution in [3.63, 3.8) is 0 Å². The molecule has 0 unspecified atom stereocenters. The Morgan fingerprint density at radius 3 is 2.74 bits per heavy atom. The maximum absolute atomic E-state index is 12.2. The number of amides is 1. The lowest BCUT2D eigenvalue weighted by Crippen LogP contribution is -2.26. The van der Waals surface area contributed by atoms with Crippen LogP contribution in [-0.4, -0.2) is 20.7 Å². The maximum atomic E-state index is 12.2. The molecule has 0 saturated heterocycles. The van der Waals surface area contributed by atoms with Crippen molar-refractivity contribution in [3.05, 3.63) is 42.5 Å². The van der Waals surface area contributed by atoms with Crippen LogP contribution in [0.25, 0.3) is 5.69 Å². The normalized spacial score (nSPS) is 25.7. The van der Waals surface area contributed by atoms with Crippen LogP contribution in [0, 0.1) is 17.8 Å². The Bertz CT molecular complexity index is 665. The number of carbonyl (C=O) groups is 1. The quantitative estimate of drug-likeness (QED) is 0.923. The summed E-state index contributed by atoms with van der Waals surface area (Å²) < 4.78 is 1.72. The molecule has 2 bridgehead atoms. The zero-order valence-electron chi connectivity index (χ0n) is 13.2. The number of aromatic nitrogens is 3. The molecular weight excluding hydrogens is 288 g/mol. The van der Waals surface area contributed by atoms with Gasteiger partial charge >= 0.3 is 0 Å². The first-order valence-corrected chi connectivity index (χ1v) is 8.48. The van der Waals surface area contributed by atoms with Gasteiger partial charge in [-0.1, -0.05) is 18.6 Å². The molecule has 2 saturated carbocycles. The van der Waals surface area contributed by atoms with Crippen LogP contribution in [0.2, 0.25) is 0 Å². The molecule has 2 aromatic rings. The molecule has 4 rings (SSSR count). The van der Waals surface area contributed by atoms with Crippen molar-refractivity contribution in [2.45, 2.75) is 38.6 Å². The lowest BCUT2D eigenvalue weighted by Gasteiger charge is -2.20. The minimum absolute atomic E-state index is 0.197. The number of nitrogens with one attached hydrogen (secondary N) is 1. The smallest absolute Gasteiger partial charge is 0.220 e. The van der Waals surface area contributed by atoms with Crippen molar-refractivity contribution < 1.29 is 4.79 Å². The highest BCUT2D eigenvalue weighted by Gasteiger charge is 2.39. The van der Waals surface area contributed by atoms with E-state index < -0.39 is 0 Å². The standard InChI is InChI=1S/C18H22N4O/c23-18(9-16-8-14-1-4-15(16)7-14)20-10-13-2-5-17(6-3-13)22-12-19-11-21-22/h2-3,5-6,11-12,14-16H,1,4,7-10H2,(H,20,23)/t14-,15-,16-/m0/s1. The van der Waals surface area contributed by atoms with E-state index in [2.05, 4.69) is 15.4 Å². The van der Waals surface area contributed by atoms with Gasteiger partial charge in [-0.3, -0.25) is 4.79 Å². The highest BCUT2D eigenvalue weighted by atomic mass is 16.1. The summed E-state index contributed by atoms with van der Waals surface area (Å²) in [5, 5.41) is 7.17. The molecule has 1 aromatic heterocycles. The molecule has 1 heterocycles. The van der Waals surface area contributed by atoms with Crippen LogP contribution in [0.3, 0.4) is 0 Å². The van der Waals surface area contributed by atoms with E-state index in [1.807, 2.05) is 24.3 Å². The molecule has 120 valence electrons. The summed E-state index contributed by atoms with van der Waals surface area (Å²) in [6.07, 6.45) is 9.26. The lowest BCUT2D eigenvalue weighted by molar-refractivity contribution is -0.122. The van der Waals surface area contributed by atoms with Gasteiger partial charge in [-0.15, -0.1) is 0 Å². The van der Waals surface area contributed by atoms with Crippen molar-refractivity contribution >= 4 is 5.91 Å². The molecule has 2 aliphatic rings. The van der Waals surface area contributed by atoms with Gasteiger partial charge in [-0.25, -0.2) is 9.67 Å². The van der Waals surface area contributed by atoms with Gasteiger partial charge < -0.3 is 5.32 Å². The Labute approximate surface area is 136 Å². The maximum Gasteiger partial charge on any atom is 0.220 e. The van der Waals surface area contributed by atoms with Gasteiger partial charge in [0, 0.05) is 13.0 Å². The molecule has 0 spiro atoms. The van der Waals surface area contributed by atoms with E-state index in [-0.39, 0.29) is 5.91 Å². The molecule has 5 nitrogen and oxygen atoms in total. The molecule has 2 fully saturated rings. The summed E-state index contributed by atoms with van der Waals surface area (Å²) in [6, 6.07) is 8.03. The van der Waals surface area contributed by atoms with Crippen molar-refractivity contribution in [1.29, 1.82) is 0 Å². The van der Waals surface area contributed by atoms with Crippen molar-refractivity contribution in [2.24, 2.45) is 17.8 Å². The Morgan fingerprint density at radius 2 is 2.09 bits per heavy atom. The van der Waals surface area contributed by atoms with E-state index in [1.54, 1.807) is 11.0 Å². The van der Waals surface area contributed by atoms with E-state index in [4.69, 9.17) is 0 Å². The number of hydrogen-bond donors (Lipinski definition) is 1. The minimum atomic E-state index is 0.197. The summed E-state index contributed by atoms with van der Waals surface area (Å²) in [5.41, 5.74) is 2.08. The predicted octanol–water partition coefficient (Wildman–Crippen LogP) is 2.71. The molecule has 1 N–H and O–H groups in total. The van der Waals surface area contributed by atoms with E-state index in [0.717, 1.165) is 23.1 Å². The molecule has 0 aliphatic heterocycles. The highest BCUT2D eigenvalue weighted by molar-refractivity contribution is 5.76. The van der Waals surface area contributed by atoms with Crippen LogP contribution in [0.5, 0.6) is 0 Å². The second-order valence-corrected chi connectivity index (χ2v) is 6.92. The number of benzene rings is 1. The topological polar surface area (TPSA) is 59.8 Å². The van der Waals surface area contributed by atoms with Crippen LogP contribution >= 0.6 is 0 Å². The summed E-state index contributed by atoms with van der Waals surface area (Å²) in [7, 11) is 0. The van der Waals surface area contributed by atoms with E-state index >= 15 is 0 Å². The monoisotopic (exact) mass is 310 g/mol. The minimum Gasteiger partial charge on any atom is -0.352 e. The number of hydrogen-bond acceptors (Lipinski definition) is 3. The fraction of sp³-hybridized carbons (Fsp3) is 0.500. The SMILES string of the molecule is O=C(C[C@@H]1C[C@H]2CC[C@H]1C2)NCc1ccc(-n2cncn2)cc1. The average Bonchev–Trinajstić information content (AvgIpc) is 3.31. The third kappa shape index (κ3) is 3.14. The average molecular weight is 310 g/mol. The van der Waals surface area contributed by atoms with Crippen LogP contribution in [-0.2, 0) is 11.3 Å². The summed E-state index contributed by atoms with van der Waals surface area (Å²) in [6.45, 7) is 0.595. The van der Waals surface area contributed by atoms with Crippen LogP contribution in [0.4, 0.5) is 0 Å². The van der Waals surface area contributed by atoms with Gasteiger partial charge in [-0.2, -0.15) is 5.10 Å². The number of carbonyl (C=O) groups excluding carboxylic acids is 1. The summed E-state index contributed by atoms with van der Waals surface area (Å²) in [4.78, 5) is 16.1. The van der Waals surface area contributed by atoms with Gasteiger partial charge in [0.2, 0.25) is 5.91 Å². The van der Waals surface area contributed by atoms with Crippen molar-refractivity contribution in [1.82, 2.24) is 20.1 Å². The van der Waals surface area contributed by atoms with E-state index in [9.17, 15) is 4.79 Å². The van der Waals surface area contributed by atoms with Crippen molar-refractivity contribution in [2.75, 3.05) is 0 Å². The second-order valence-electron chi connectivity index (χ2n) is 6.92. The summed E-state index contributed by atoms with van der Waals surface area (Å²) >= 11 is 0. The van der Waals surface area contributed by atoms with E-state index in [1.165, 1.54) is 32.0 Å². The molecule has 0 radical (unpaired) electrons. The molecule has 23 heavy (non-hydrogen) atoms. The Balaban J connectivity index is 1.28.